The Hall–Kier alpha value is -1.99. The van der Waals surface area contributed by atoms with Crippen LogP contribution in [-0.4, -0.2) is 48.3 Å². The van der Waals surface area contributed by atoms with Crippen molar-refractivity contribution in [3.05, 3.63) is 64.8 Å². The predicted octanol–water partition coefficient (Wildman–Crippen LogP) is 3.63. The van der Waals surface area contributed by atoms with Gasteiger partial charge in [0.15, 0.2) is 9.84 Å². The van der Waals surface area contributed by atoms with Gasteiger partial charge in [-0.3, -0.25) is 9.78 Å². The van der Waals surface area contributed by atoms with Crippen molar-refractivity contribution in [1.82, 2.24) is 9.88 Å². The van der Waals surface area contributed by atoms with Gasteiger partial charge in [-0.1, -0.05) is 34.1 Å². The topological polar surface area (TPSA) is 67.3 Å². The molecular formula is C20H21BrN2O3S. The van der Waals surface area contributed by atoms with Gasteiger partial charge >= 0.3 is 0 Å². The summed E-state index contributed by atoms with van der Waals surface area (Å²) in [6.45, 7) is 5.81. The van der Waals surface area contributed by atoms with Crippen molar-refractivity contribution < 1.29 is 13.2 Å². The first-order valence-corrected chi connectivity index (χ1v) is 11.3. The first-order chi connectivity index (χ1) is 12.8. The quantitative estimate of drug-likeness (QED) is 0.654. The van der Waals surface area contributed by atoms with Crippen molar-refractivity contribution in [1.29, 1.82) is 0 Å². The van der Waals surface area contributed by atoms with Gasteiger partial charge in [-0.15, -0.1) is 6.58 Å². The molecule has 1 aromatic carbocycles. The summed E-state index contributed by atoms with van der Waals surface area (Å²) in [5.41, 5.74) is 2.84. The number of hydrogen-bond acceptors (Lipinski definition) is 4. The molecular weight excluding hydrogens is 428 g/mol. The van der Waals surface area contributed by atoms with E-state index in [1.54, 1.807) is 24.0 Å². The number of amides is 1. The van der Waals surface area contributed by atoms with Crippen LogP contribution >= 0.6 is 15.9 Å². The van der Waals surface area contributed by atoms with E-state index < -0.39 is 9.84 Å². The van der Waals surface area contributed by atoms with Gasteiger partial charge in [0, 0.05) is 22.6 Å². The standard InChI is InChI=1S/C20H21BrN2O3S/c1-3-10-23(17-9-11-27(25,26)13-17)20(24)18-7-8-19(22-14(18)2)15-5-4-6-16(21)12-15/h3-8,12,17H,1,9-11,13H2,2H3. The average Bonchev–Trinajstić information content (AvgIpc) is 2.98. The lowest BCUT2D eigenvalue weighted by molar-refractivity contribution is 0.0719. The SMILES string of the molecule is C=CCN(C(=O)c1ccc(-c2cccc(Br)c2)nc1C)C1CCS(=O)(=O)C1. The van der Waals surface area contributed by atoms with Crippen molar-refractivity contribution >= 4 is 31.7 Å². The molecule has 27 heavy (non-hydrogen) atoms. The summed E-state index contributed by atoms with van der Waals surface area (Å²) >= 11 is 3.45. The summed E-state index contributed by atoms with van der Waals surface area (Å²) in [7, 11) is -3.08. The maximum absolute atomic E-state index is 13.1. The Kier molecular flexibility index (Phi) is 5.81. The number of rotatable bonds is 5. The summed E-state index contributed by atoms with van der Waals surface area (Å²) in [5, 5.41) is 0. The molecule has 2 heterocycles. The van der Waals surface area contributed by atoms with Crippen LogP contribution in [0.2, 0.25) is 0 Å². The second-order valence-electron chi connectivity index (χ2n) is 6.64. The maximum Gasteiger partial charge on any atom is 0.256 e. The first-order valence-electron chi connectivity index (χ1n) is 8.66. The number of nitrogens with zero attached hydrogens (tertiary/aromatic N) is 2. The van der Waals surface area contributed by atoms with Gasteiger partial charge < -0.3 is 4.90 Å². The van der Waals surface area contributed by atoms with Crippen LogP contribution in [-0.2, 0) is 9.84 Å². The summed E-state index contributed by atoms with van der Waals surface area (Å²) < 4.78 is 24.6. The van der Waals surface area contributed by atoms with Gasteiger partial charge in [0.25, 0.3) is 5.91 Å². The summed E-state index contributed by atoms with van der Waals surface area (Å²) in [4.78, 5) is 19.3. The van der Waals surface area contributed by atoms with Gasteiger partial charge in [0.1, 0.15) is 0 Å². The third-order valence-electron chi connectivity index (χ3n) is 4.67. The van der Waals surface area contributed by atoms with E-state index >= 15 is 0 Å². The van der Waals surface area contributed by atoms with E-state index in [0.29, 0.717) is 24.2 Å². The number of halogens is 1. The zero-order valence-electron chi connectivity index (χ0n) is 15.1. The molecule has 1 aromatic heterocycles. The molecule has 3 rings (SSSR count). The Labute approximate surface area is 168 Å². The Morgan fingerprint density at radius 1 is 1.37 bits per heavy atom. The van der Waals surface area contributed by atoms with Crippen LogP contribution in [0.15, 0.2) is 53.5 Å². The van der Waals surface area contributed by atoms with Crippen LogP contribution in [0.1, 0.15) is 22.5 Å². The average molecular weight is 449 g/mol. The van der Waals surface area contributed by atoms with Gasteiger partial charge in [-0.25, -0.2) is 8.42 Å². The van der Waals surface area contributed by atoms with Gasteiger partial charge in [0.05, 0.1) is 28.5 Å². The van der Waals surface area contributed by atoms with E-state index in [1.165, 1.54) is 0 Å². The molecule has 1 unspecified atom stereocenters. The number of hydrogen-bond donors (Lipinski definition) is 0. The summed E-state index contributed by atoms with van der Waals surface area (Å²) in [6, 6.07) is 11.1. The molecule has 0 radical (unpaired) electrons. The fraction of sp³-hybridized carbons (Fsp3) is 0.300. The zero-order valence-corrected chi connectivity index (χ0v) is 17.5. The summed E-state index contributed by atoms with van der Waals surface area (Å²) in [6.07, 6.45) is 2.09. The lowest BCUT2D eigenvalue weighted by atomic mass is 10.1. The van der Waals surface area contributed by atoms with Crippen LogP contribution in [0.3, 0.4) is 0 Å². The molecule has 0 N–H and O–H groups in total. The normalized spacial score (nSPS) is 18.2. The van der Waals surface area contributed by atoms with Gasteiger partial charge in [0.2, 0.25) is 0 Å². The lowest BCUT2D eigenvalue weighted by Crippen LogP contribution is -2.41. The molecule has 0 bridgehead atoms. The van der Waals surface area contributed by atoms with Crippen LogP contribution in [0.5, 0.6) is 0 Å². The highest BCUT2D eigenvalue weighted by Crippen LogP contribution is 2.25. The van der Waals surface area contributed by atoms with Crippen LogP contribution in [0, 0.1) is 6.92 Å². The molecule has 0 aliphatic carbocycles. The molecule has 1 fully saturated rings. The van der Waals surface area contributed by atoms with Crippen LogP contribution in [0.25, 0.3) is 11.3 Å². The van der Waals surface area contributed by atoms with E-state index in [2.05, 4.69) is 27.5 Å². The minimum Gasteiger partial charge on any atom is -0.331 e. The highest BCUT2D eigenvalue weighted by molar-refractivity contribution is 9.10. The molecule has 0 saturated carbocycles. The van der Waals surface area contributed by atoms with Crippen molar-refractivity contribution in [3.8, 4) is 11.3 Å². The fourth-order valence-corrected chi connectivity index (χ4v) is 5.44. The second kappa shape index (κ2) is 7.94. The minimum absolute atomic E-state index is 0.00911. The van der Waals surface area contributed by atoms with E-state index in [1.807, 2.05) is 30.3 Å². The molecule has 0 spiro atoms. The van der Waals surface area contributed by atoms with Crippen molar-refractivity contribution in [2.75, 3.05) is 18.1 Å². The fourth-order valence-electron chi connectivity index (χ4n) is 3.31. The first kappa shape index (κ1) is 19.8. The molecule has 1 atom stereocenters. The van der Waals surface area contributed by atoms with Gasteiger partial charge in [-0.2, -0.15) is 0 Å². The molecule has 5 nitrogen and oxygen atoms in total. The molecule has 1 amide bonds. The second-order valence-corrected chi connectivity index (χ2v) is 9.79. The third-order valence-corrected chi connectivity index (χ3v) is 6.92. The van der Waals surface area contributed by atoms with E-state index in [0.717, 1.165) is 15.7 Å². The highest BCUT2D eigenvalue weighted by atomic mass is 79.9. The molecule has 7 heteroatoms. The number of pyridine rings is 1. The number of sulfone groups is 1. The predicted molar refractivity (Wildman–Crippen MR) is 110 cm³/mol. The van der Waals surface area contributed by atoms with Gasteiger partial charge in [-0.05, 0) is 37.6 Å². The lowest BCUT2D eigenvalue weighted by Gasteiger charge is -2.27. The minimum atomic E-state index is -3.08. The number of carbonyl (C=O) groups is 1. The molecule has 142 valence electrons. The number of aryl methyl sites for hydroxylation is 1. The molecule has 1 aliphatic rings. The van der Waals surface area contributed by atoms with Crippen molar-refractivity contribution in [2.24, 2.45) is 0 Å². The Bertz CT molecular complexity index is 988. The Morgan fingerprint density at radius 2 is 2.15 bits per heavy atom. The monoisotopic (exact) mass is 448 g/mol. The molecule has 2 aromatic rings. The van der Waals surface area contributed by atoms with Crippen LogP contribution in [0.4, 0.5) is 0 Å². The smallest absolute Gasteiger partial charge is 0.256 e. The maximum atomic E-state index is 13.1. The largest absolute Gasteiger partial charge is 0.331 e. The number of carbonyl (C=O) groups excluding carboxylic acids is 1. The highest BCUT2D eigenvalue weighted by Gasteiger charge is 2.35. The number of aromatic nitrogens is 1. The molecule has 1 saturated heterocycles. The van der Waals surface area contributed by atoms with Crippen LogP contribution < -0.4 is 0 Å². The van der Waals surface area contributed by atoms with Crippen molar-refractivity contribution in [3.63, 3.8) is 0 Å². The number of benzene rings is 1. The zero-order chi connectivity index (χ0) is 19.6. The Balaban J connectivity index is 1.90. The Morgan fingerprint density at radius 3 is 2.74 bits per heavy atom. The molecule has 1 aliphatic heterocycles. The van der Waals surface area contributed by atoms with E-state index in [4.69, 9.17) is 0 Å². The van der Waals surface area contributed by atoms with E-state index in [-0.39, 0.29) is 23.5 Å². The summed E-state index contributed by atoms with van der Waals surface area (Å²) in [5.74, 6) is -0.0740. The van der Waals surface area contributed by atoms with E-state index in [9.17, 15) is 13.2 Å². The van der Waals surface area contributed by atoms with Crippen molar-refractivity contribution in [2.45, 2.75) is 19.4 Å². The third kappa shape index (κ3) is 4.47.